The summed E-state index contributed by atoms with van der Waals surface area (Å²) in [4.78, 5) is 43.3. The van der Waals surface area contributed by atoms with Crippen LogP contribution in [0.5, 0.6) is 0 Å². The number of amides is 3. The third-order valence-corrected chi connectivity index (χ3v) is 4.97. The van der Waals surface area contributed by atoms with E-state index in [0.717, 1.165) is 11.1 Å². The fourth-order valence-corrected chi connectivity index (χ4v) is 3.36. The molecule has 29 heavy (non-hydrogen) atoms. The van der Waals surface area contributed by atoms with Crippen LogP contribution in [-0.2, 0) is 6.54 Å². The Balaban J connectivity index is 1.53. The van der Waals surface area contributed by atoms with Crippen LogP contribution in [0.25, 0.3) is 0 Å². The van der Waals surface area contributed by atoms with Gasteiger partial charge in [0.2, 0.25) is 0 Å². The molecule has 1 aromatic heterocycles. The first-order valence-corrected chi connectivity index (χ1v) is 9.29. The van der Waals surface area contributed by atoms with Gasteiger partial charge in [0.1, 0.15) is 0 Å². The summed E-state index contributed by atoms with van der Waals surface area (Å²) in [6, 6.07) is 17.4. The maximum Gasteiger partial charge on any atom is 0.261 e. The maximum atomic E-state index is 12.8. The van der Waals surface area contributed by atoms with Crippen LogP contribution in [-0.4, -0.2) is 27.6 Å². The van der Waals surface area contributed by atoms with Gasteiger partial charge < -0.3 is 5.32 Å². The van der Waals surface area contributed by atoms with Gasteiger partial charge in [-0.25, -0.2) is 0 Å². The maximum absolute atomic E-state index is 12.8. The quantitative estimate of drug-likeness (QED) is 0.683. The number of carbonyl (C=O) groups is 3. The van der Waals surface area contributed by atoms with E-state index in [1.54, 1.807) is 24.5 Å². The molecule has 1 unspecified atom stereocenters. The van der Waals surface area contributed by atoms with Crippen LogP contribution in [0.15, 0.2) is 73.1 Å². The van der Waals surface area contributed by atoms with E-state index >= 15 is 0 Å². The molecule has 0 aliphatic carbocycles. The molecule has 6 heteroatoms. The molecule has 2 aromatic carbocycles. The Morgan fingerprint density at radius 2 is 1.66 bits per heavy atom. The van der Waals surface area contributed by atoms with Gasteiger partial charge in [-0.05, 0) is 48.4 Å². The number of pyridine rings is 1. The number of rotatable bonds is 5. The zero-order valence-corrected chi connectivity index (χ0v) is 15.8. The molecule has 0 saturated heterocycles. The zero-order chi connectivity index (χ0) is 20.4. The second kappa shape index (κ2) is 7.67. The third kappa shape index (κ3) is 3.65. The van der Waals surface area contributed by atoms with Crippen molar-refractivity contribution in [3.8, 4) is 0 Å². The number of hydrogen-bond donors (Lipinski definition) is 1. The van der Waals surface area contributed by atoms with Gasteiger partial charge >= 0.3 is 0 Å². The SMILES string of the molecule is CC(NC(=O)c1ccc2c(c1)C(=O)N(Cc1ccccc1)C2=O)c1ccncc1. The number of benzene rings is 2. The van der Waals surface area contributed by atoms with Gasteiger partial charge in [-0.1, -0.05) is 30.3 Å². The number of imide groups is 1. The molecule has 4 rings (SSSR count). The number of carbonyl (C=O) groups excluding carboxylic acids is 3. The number of fused-ring (bicyclic) bond motifs is 1. The van der Waals surface area contributed by atoms with Crippen LogP contribution in [0.1, 0.15) is 55.2 Å². The predicted molar refractivity (Wildman–Crippen MR) is 107 cm³/mol. The fraction of sp³-hybridized carbons (Fsp3) is 0.130. The van der Waals surface area contributed by atoms with Crippen molar-refractivity contribution >= 4 is 17.7 Å². The highest BCUT2D eigenvalue weighted by atomic mass is 16.2. The van der Waals surface area contributed by atoms with Gasteiger partial charge in [0.05, 0.1) is 23.7 Å². The molecule has 0 saturated carbocycles. The van der Waals surface area contributed by atoms with Gasteiger partial charge in [-0.3, -0.25) is 24.3 Å². The van der Waals surface area contributed by atoms with Crippen molar-refractivity contribution < 1.29 is 14.4 Å². The summed E-state index contributed by atoms with van der Waals surface area (Å²) in [5.41, 5.74) is 2.72. The number of aromatic nitrogens is 1. The smallest absolute Gasteiger partial charge is 0.261 e. The minimum atomic E-state index is -0.384. The minimum Gasteiger partial charge on any atom is -0.346 e. The van der Waals surface area contributed by atoms with Crippen LogP contribution >= 0.6 is 0 Å². The summed E-state index contributed by atoms with van der Waals surface area (Å²) in [6.45, 7) is 2.07. The van der Waals surface area contributed by atoms with Gasteiger partial charge in [0.15, 0.2) is 0 Å². The van der Waals surface area contributed by atoms with Crippen molar-refractivity contribution in [2.45, 2.75) is 19.5 Å². The van der Waals surface area contributed by atoms with E-state index in [0.29, 0.717) is 11.1 Å². The molecular weight excluding hydrogens is 366 g/mol. The third-order valence-electron chi connectivity index (χ3n) is 4.97. The summed E-state index contributed by atoms with van der Waals surface area (Å²) >= 11 is 0. The predicted octanol–water partition coefficient (Wildman–Crippen LogP) is 3.37. The zero-order valence-electron chi connectivity index (χ0n) is 15.8. The second-order valence-corrected chi connectivity index (χ2v) is 6.92. The molecule has 0 bridgehead atoms. The monoisotopic (exact) mass is 385 g/mol. The molecular formula is C23H19N3O3. The van der Waals surface area contributed by atoms with Gasteiger partial charge in [0, 0.05) is 18.0 Å². The van der Waals surface area contributed by atoms with Crippen LogP contribution in [0, 0.1) is 0 Å². The lowest BCUT2D eigenvalue weighted by molar-refractivity contribution is 0.0642. The number of nitrogens with zero attached hydrogens (tertiary/aromatic N) is 2. The molecule has 0 radical (unpaired) electrons. The minimum absolute atomic E-state index is 0.202. The molecule has 0 fully saturated rings. The largest absolute Gasteiger partial charge is 0.346 e. The highest BCUT2D eigenvalue weighted by molar-refractivity contribution is 6.22. The van der Waals surface area contributed by atoms with Gasteiger partial charge in [0.25, 0.3) is 17.7 Å². The lowest BCUT2D eigenvalue weighted by Crippen LogP contribution is -2.29. The normalized spacial score (nSPS) is 13.9. The van der Waals surface area contributed by atoms with Crippen LogP contribution < -0.4 is 5.32 Å². The van der Waals surface area contributed by atoms with Crippen molar-refractivity contribution in [3.05, 3.63) is 101 Å². The van der Waals surface area contributed by atoms with Crippen molar-refractivity contribution in [1.29, 1.82) is 0 Å². The van der Waals surface area contributed by atoms with Crippen molar-refractivity contribution in [2.75, 3.05) is 0 Å². The van der Waals surface area contributed by atoms with Crippen LogP contribution in [0.4, 0.5) is 0 Å². The summed E-state index contributed by atoms with van der Waals surface area (Å²) < 4.78 is 0. The molecule has 1 atom stereocenters. The lowest BCUT2D eigenvalue weighted by Gasteiger charge is -2.14. The molecule has 3 amide bonds. The molecule has 144 valence electrons. The first-order chi connectivity index (χ1) is 14.0. The van der Waals surface area contributed by atoms with E-state index in [-0.39, 0.29) is 35.9 Å². The average molecular weight is 385 g/mol. The summed E-state index contributed by atoms with van der Waals surface area (Å²) in [7, 11) is 0. The molecule has 1 aliphatic heterocycles. The van der Waals surface area contributed by atoms with Crippen LogP contribution in [0.2, 0.25) is 0 Å². The number of nitrogens with one attached hydrogen (secondary N) is 1. The Bertz CT molecular complexity index is 1080. The molecule has 1 aliphatic rings. The molecule has 2 heterocycles. The van der Waals surface area contributed by atoms with Crippen molar-refractivity contribution in [3.63, 3.8) is 0 Å². The Kier molecular flexibility index (Phi) is 4.91. The lowest BCUT2D eigenvalue weighted by atomic mass is 10.0. The van der Waals surface area contributed by atoms with E-state index in [2.05, 4.69) is 10.3 Å². The number of hydrogen-bond acceptors (Lipinski definition) is 4. The molecule has 6 nitrogen and oxygen atoms in total. The van der Waals surface area contributed by atoms with E-state index in [9.17, 15) is 14.4 Å². The standard InChI is InChI=1S/C23H19N3O3/c1-15(17-9-11-24-12-10-17)25-21(27)18-7-8-19-20(13-18)23(29)26(22(19)28)14-16-5-3-2-4-6-16/h2-13,15H,14H2,1H3,(H,25,27). The van der Waals surface area contributed by atoms with Crippen molar-refractivity contribution in [1.82, 2.24) is 15.2 Å². The average Bonchev–Trinajstić information content (AvgIpc) is 2.99. The Labute approximate surface area is 168 Å². The van der Waals surface area contributed by atoms with E-state index in [1.807, 2.05) is 49.4 Å². The van der Waals surface area contributed by atoms with Crippen LogP contribution in [0.3, 0.4) is 0 Å². The van der Waals surface area contributed by atoms with Gasteiger partial charge in [-0.2, -0.15) is 0 Å². The first-order valence-electron chi connectivity index (χ1n) is 9.29. The highest BCUT2D eigenvalue weighted by Gasteiger charge is 2.36. The highest BCUT2D eigenvalue weighted by Crippen LogP contribution is 2.26. The Hall–Kier alpha value is -3.80. The van der Waals surface area contributed by atoms with E-state index in [4.69, 9.17) is 0 Å². The van der Waals surface area contributed by atoms with Crippen molar-refractivity contribution in [2.24, 2.45) is 0 Å². The Morgan fingerprint density at radius 1 is 0.966 bits per heavy atom. The first kappa shape index (κ1) is 18.6. The summed E-state index contributed by atoms with van der Waals surface area (Å²) in [6.07, 6.45) is 3.33. The summed E-state index contributed by atoms with van der Waals surface area (Å²) in [5, 5.41) is 2.90. The molecule has 0 spiro atoms. The second-order valence-electron chi connectivity index (χ2n) is 6.92. The molecule has 3 aromatic rings. The molecule has 1 N–H and O–H groups in total. The van der Waals surface area contributed by atoms with Gasteiger partial charge in [-0.15, -0.1) is 0 Å². The fourth-order valence-electron chi connectivity index (χ4n) is 3.36. The van der Waals surface area contributed by atoms with E-state index < -0.39 is 0 Å². The topological polar surface area (TPSA) is 79.4 Å². The summed E-state index contributed by atoms with van der Waals surface area (Å²) in [5.74, 6) is -1.03. The Morgan fingerprint density at radius 3 is 2.38 bits per heavy atom. The van der Waals surface area contributed by atoms with E-state index in [1.165, 1.54) is 11.0 Å².